The third-order valence-electron chi connectivity index (χ3n) is 5.38. The third-order valence-corrected chi connectivity index (χ3v) is 5.38. The molecule has 3 heterocycles. The molecule has 0 saturated carbocycles. The normalized spacial score (nSPS) is 32.5. The lowest BCUT2D eigenvalue weighted by Crippen LogP contribution is -2.57. The summed E-state index contributed by atoms with van der Waals surface area (Å²) in [5, 5.41) is 9.93. The van der Waals surface area contributed by atoms with Gasteiger partial charge in [0.25, 0.3) is 0 Å². The van der Waals surface area contributed by atoms with Crippen molar-refractivity contribution in [3.8, 4) is 0 Å². The lowest BCUT2D eigenvalue weighted by atomic mass is 9.80. The van der Waals surface area contributed by atoms with Crippen LogP contribution in [0.3, 0.4) is 0 Å². The highest BCUT2D eigenvalue weighted by molar-refractivity contribution is 5.67. The summed E-state index contributed by atoms with van der Waals surface area (Å²) in [6.07, 6.45) is 3.07. The Hall–Kier alpha value is -1.56. The minimum absolute atomic E-state index is 0.0341. The van der Waals surface area contributed by atoms with Crippen LogP contribution in [0.25, 0.3) is 0 Å². The fourth-order valence-corrected chi connectivity index (χ4v) is 4.43. The molecule has 4 atom stereocenters. The van der Waals surface area contributed by atoms with Crippen molar-refractivity contribution in [2.45, 2.75) is 57.7 Å². The number of nitrogens with one attached hydrogen (secondary N) is 1. The fraction of sp³-hybridized carbons (Fsp3) is 0.750. The molecule has 0 bridgehead atoms. The van der Waals surface area contributed by atoms with Gasteiger partial charge in [0.15, 0.2) is 0 Å². The van der Waals surface area contributed by atoms with Gasteiger partial charge in [-0.2, -0.15) is 0 Å². The fourth-order valence-electron chi connectivity index (χ4n) is 4.43. The Morgan fingerprint density at radius 3 is 2.77 bits per heavy atom. The molecule has 0 radical (unpaired) electrons. The molecule has 1 amide bonds. The third kappa shape index (κ3) is 2.20. The van der Waals surface area contributed by atoms with E-state index in [-0.39, 0.29) is 30.0 Å². The number of hydrogen-bond acceptors (Lipinski definition) is 3. The molecule has 6 nitrogen and oxygen atoms in total. The van der Waals surface area contributed by atoms with Crippen LogP contribution in [0.15, 0.2) is 6.33 Å². The van der Waals surface area contributed by atoms with Gasteiger partial charge in [0.2, 0.25) is 0 Å². The van der Waals surface area contributed by atoms with Gasteiger partial charge < -0.3 is 15.0 Å². The van der Waals surface area contributed by atoms with Crippen molar-refractivity contribution >= 4 is 6.09 Å². The summed E-state index contributed by atoms with van der Waals surface area (Å²) in [5.74, 6) is 0.315. The smallest absolute Gasteiger partial charge is 0.408 e. The number of hydrogen-bond donors (Lipinski definition) is 2. The lowest BCUT2D eigenvalue weighted by Gasteiger charge is -2.48. The number of likely N-dealkylation sites (tertiary alicyclic amines) is 1. The number of carboxylic acid groups (broad SMARTS) is 1. The molecule has 0 aromatic carbocycles. The largest absolute Gasteiger partial charge is 0.465 e. The van der Waals surface area contributed by atoms with Crippen LogP contribution in [-0.4, -0.2) is 56.6 Å². The van der Waals surface area contributed by atoms with E-state index < -0.39 is 6.09 Å². The Morgan fingerprint density at radius 2 is 2.23 bits per heavy atom. The maximum absolute atomic E-state index is 12.1. The van der Waals surface area contributed by atoms with Crippen molar-refractivity contribution in [1.82, 2.24) is 19.8 Å². The van der Waals surface area contributed by atoms with E-state index in [1.165, 1.54) is 0 Å². The van der Waals surface area contributed by atoms with E-state index in [9.17, 15) is 9.90 Å². The van der Waals surface area contributed by atoms with Crippen LogP contribution in [0.4, 0.5) is 4.79 Å². The Labute approximate surface area is 131 Å². The Kier molecular flexibility index (Phi) is 3.89. The van der Waals surface area contributed by atoms with Crippen LogP contribution in [0.5, 0.6) is 0 Å². The number of imidazole rings is 1. The van der Waals surface area contributed by atoms with E-state index >= 15 is 0 Å². The summed E-state index contributed by atoms with van der Waals surface area (Å²) in [4.78, 5) is 23.8. The molecule has 2 N–H and O–H groups in total. The molecule has 2 aliphatic heterocycles. The van der Waals surface area contributed by atoms with Crippen molar-refractivity contribution in [1.29, 1.82) is 0 Å². The molecule has 122 valence electrons. The molecule has 6 heteroatoms. The molecule has 3 rings (SSSR count). The highest BCUT2D eigenvalue weighted by Crippen LogP contribution is 2.44. The maximum Gasteiger partial charge on any atom is 0.408 e. The van der Waals surface area contributed by atoms with Crippen LogP contribution < -0.4 is 0 Å². The number of fused-ring (bicyclic) bond motifs is 1. The molecule has 22 heavy (non-hydrogen) atoms. The number of amides is 1. The predicted molar refractivity (Wildman–Crippen MR) is 83.9 cm³/mol. The average Bonchev–Trinajstić information content (AvgIpc) is 3.07. The van der Waals surface area contributed by atoms with Crippen LogP contribution in [0.1, 0.15) is 57.0 Å². The Bertz CT molecular complexity index is 556. The minimum atomic E-state index is -0.823. The van der Waals surface area contributed by atoms with E-state index in [0.717, 1.165) is 30.8 Å². The number of aromatic amines is 1. The van der Waals surface area contributed by atoms with Gasteiger partial charge in [-0.05, 0) is 32.4 Å². The molecule has 1 aromatic rings. The molecular formula is C16H26N4O2. The first-order valence-electron chi connectivity index (χ1n) is 8.18. The number of carbonyl (C=O) groups is 1. The van der Waals surface area contributed by atoms with Crippen molar-refractivity contribution in [3.63, 3.8) is 0 Å². The molecule has 2 aliphatic rings. The molecule has 0 spiro atoms. The molecule has 1 fully saturated rings. The summed E-state index contributed by atoms with van der Waals surface area (Å²) in [7, 11) is 2.11. The second-order valence-electron chi connectivity index (χ2n) is 7.05. The summed E-state index contributed by atoms with van der Waals surface area (Å²) >= 11 is 0. The lowest BCUT2D eigenvalue weighted by molar-refractivity contribution is 0.0304. The molecule has 1 aromatic heterocycles. The zero-order chi connectivity index (χ0) is 16.0. The highest BCUT2D eigenvalue weighted by Gasteiger charge is 2.49. The van der Waals surface area contributed by atoms with Crippen LogP contribution in [0, 0.1) is 5.92 Å². The van der Waals surface area contributed by atoms with E-state index in [2.05, 4.69) is 42.7 Å². The topological polar surface area (TPSA) is 72.5 Å². The maximum atomic E-state index is 12.1. The minimum Gasteiger partial charge on any atom is -0.465 e. The van der Waals surface area contributed by atoms with Gasteiger partial charge >= 0.3 is 6.09 Å². The van der Waals surface area contributed by atoms with Crippen molar-refractivity contribution in [2.75, 3.05) is 13.6 Å². The second kappa shape index (κ2) is 5.57. The number of rotatable bonds is 2. The van der Waals surface area contributed by atoms with Crippen molar-refractivity contribution in [3.05, 3.63) is 17.7 Å². The van der Waals surface area contributed by atoms with E-state index in [1.807, 2.05) is 0 Å². The van der Waals surface area contributed by atoms with E-state index in [1.54, 1.807) is 11.2 Å². The van der Waals surface area contributed by atoms with E-state index in [4.69, 9.17) is 0 Å². The second-order valence-corrected chi connectivity index (χ2v) is 7.05. The Balaban J connectivity index is 2.09. The first kappa shape index (κ1) is 15.3. The molecule has 0 aliphatic carbocycles. The molecule has 3 unspecified atom stereocenters. The van der Waals surface area contributed by atoms with Gasteiger partial charge in [0.05, 0.1) is 29.8 Å². The first-order chi connectivity index (χ1) is 10.4. The number of H-pyrrole nitrogens is 1. The Morgan fingerprint density at radius 1 is 1.50 bits per heavy atom. The summed E-state index contributed by atoms with van der Waals surface area (Å²) in [5.41, 5.74) is 2.02. The summed E-state index contributed by atoms with van der Waals surface area (Å²) in [6, 6.07) is 0.0931. The number of nitrogens with zero attached hydrogens (tertiary/aromatic N) is 3. The standard InChI is InChI=1S/C16H26N4O2/c1-9(2)14-13-12(17-8-18-13)10(3)15(20(14)16(21)22)11-6-5-7-19(11)4/h8-11,14-15H,5-7H2,1-4H3,(H,17,18)(H,21,22)/t10?,11-,14?,15?/m1/s1. The van der Waals surface area contributed by atoms with Crippen LogP contribution >= 0.6 is 0 Å². The highest BCUT2D eigenvalue weighted by atomic mass is 16.4. The summed E-state index contributed by atoms with van der Waals surface area (Å²) in [6.45, 7) is 7.32. The monoisotopic (exact) mass is 306 g/mol. The van der Waals surface area contributed by atoms with Gasteiger partial charge in [-0.3, -0.25) is 4.90 Å². The van der Waals surface area contributed by atoms with Gasteiger partial charge in [-0.25, -0.2) is 9.78 Å². The van der Waals surface area contributed by atoms with Crippen molar-refractivity contribution in [2.24, 2.45) is 5.92 Å². The molecule has 1 saturated heterocycles. The quantitative estimate of drug-likeness (QED) is 0.881. The molecular weight excluding hydrogens is 280 g/mol. The van der Waals surface area contributed by atoms with Gasteiger partial charge in [0, 0.05) is 12.0 Å². The number of aromatic nitrogens is 2. The average molecular weight is 306 g/mol. The van der Waals surface area contributed by atoms with Crippen molar-refractivity contribution < 1.29 is 9.90 Å². The van der Waals surface area contributed by atoms with Gasteiger partial charge in [-0.15, -0.1) is 0 Å². The predicted octanol–water partition coefficient (Wildman–Crippen LogP) is 2.67. The van der Waals surface area contributed by atoms with Crippen LogP contribution in [-0.2, 0) is 0 Å². The summed E-state index contributed by atoms with van der Waals surface area (Å²) < 4.78 is 0. The zero-order valence-electron chi connectivity index (χ0n) is 13.8. The first-order valence-corrected chi connectivity index (χ1v) is 8.18. The van der Waals surface area contributed by atoms with Gasteiger partial charge in [0.1, 0.15) is 0 Å². The SMILES string of the molecule is CC(C)C1c2[nH]cnc2C(C)C([C@H]2CCCN2C)N1C(=O)O. The van der Waals surface area contributed by atoms with Gasteiger partial charge in [-0.1, -0.05) is 20.8 Å². The van der Waals surface area contributed by atoms with Crippen LogP contribution in [0.2, 0.25) is 0 Å². The number of likely N-dealkylation sites (N-methyl/N-ethyl adjacent to an activating group) is 1. The zero-order valence-corrected chi connectivity index (χ0v) is 13.8. The van der Waals surface area contributed by atoms with E-state index in [0.29, 0.717) is 0 Å².